The number of amides is 1. The van der Waals surface area contributed by atoms with Crippen molar-refractivity contribution in [2.75, 3.05) is 36.5 Å². The maximum atomic E-state index is 11.3. The van der Waals surface area contributed by atoms with Crippen molar-refractivity contribution >= 4 is 28.5 Å². The van der Waals surface area contributed by atoms with Crippen LogP contribution in [0.25, 0.3) is 22.0 Å². The van der Waals surface area contributed by atoms with E-state index in [4.69, 9.17) is 9.72 Å². The molecule has 0 spiro atoms. The molecule has 3 aromatic rings. The van der Waals surface area contributed by atoms with Gasteiger partial charge in [0.1, 0.15) is 5.82 Å². The number of carboxylic acid groups (broad SMARTS) is 1. The number of aryl methyl sites for hydroxylation is 1. The highest BCUT2D eigenvalue weighted by molar-refractivity contribution is 6.05. The van der Waals surface area contributed by atoms with Gasteiger partial charge in [-0.1, -0.05) is 24.3 Å². The minimum absolute atomic E-state index is 0.560. The molecule has 6 nitrogen and oxygen atoms in total. The van der Waals surface area contributed by atoms with Crippen LogP contribution < -0.4 is 10.2 Å². The number of hydrogen-bond acceptors (Lipinski definition) is 4. The molecule has 1 aliphatic heterocycles. The van der Waals surface area contributed by atoms with E-state index in [0.717, 1.165) is 46.5 Å². The zero-order chi connectivity index (χ0) is 18.8. The third kappa shape index (κ3) is 3.44. The van der Waals surface area contributed by atoms with Crippen molar-refractivity contribution in [3.8, 4) is 11.1 Å². The van der Waals surface area contributed by atoms with Crippen LogP contribution in [0.3, 0.4) is 0 Å². The van der Waals surface area contributed by atoms with E-state index in [2.05, 4.69) is 10.2 Å². The summed E-state index contributed by atoms with van der Waals surface area (Å²) in [5.41, 5.74) is 4.33. The highest BCUT2D eigenvalue weighted by atomic mass is 16.5. The van der Waals surface area contributed by atoms with Crippen molar-refractivity contribution in [2.45, 2.75) is 6.92 Å². The predicted molar refractivity (Wildman–Crippen MR) is 107 cm³/mol. The molecule has 0 bridgehead atoms. The second-order valence-corrected chi connectivity index (χ2v) is 6.57. The molecule has 1 amide bonds. The maximum Gasteiger partial charge on any atom is 0.409 e. The zero-order valence-corrected chi connectivity index (χ0v) is 15.1. The van der Waals surface area contributed by atoms with E-state index in [1.165, 1.54) is 0 Å². The second kappa shape index (κ2) is 7.25. The Kier molecular flexibility index (Phi) is 4.64. The highest BCUT2D eigenvalue weighted by Gasteiger charge is 2.17. The van der Waals surface area contributed by atoms with Crippen molar-refractivity contribution in [1.82, 2.24) is 4.98 Å². The largest absolute Gasteiger partial charge is 0.465 e. The molecule has 2 N–H and O–H groups in total. The number of pyridine rings is 1. The van der Waals surface area contributed by atoms with Gasteiger partial charge >= 0.3 is 6.09 Å². The van der Waals surface area contributed by atoms with Gasteiger partial charge in [0.05, 0.1) is 24.4 Å². The van der Waals surface area contributed by atoms with Gasteiger partial charge in [-0.25, -0.2) is 9.78 Å². The summed E-state index contributed by atoms with van der Waals surface area (Å²) in [6.07, 6.45) is -1.08. The molecule has 2 heterocycles. The zero-order valence-electron chi connectivity index (χ0n) is 15.1. The fourth-order valence-electron chi connectivity index (χ4n) is 3.52. The quantitative estimate of drug-likeness (QED) is 0.732. The Morgan fingerprint density at radius 1 is 1.11 bits per heavy atom. The molecule has 2 aromatic carbocycles. The van der Waals surface area contributed by atoms with Gasteiger partial charge in [0.15, 0.2) is 0 Å². The molecule has 138 valence electrons. The first-order valence-electron chi connectivity index (χ1n) is 8.96. The number of rotatable bonds is 3. The number of carbonyl (C=O) groups is 1. The van der Waals surface area contributed by atoms with Gasteiger partial charge in [-0.05, 0) is 42.3 Å². The Morgan fingerprint density at radius 2 is 1.89 bits per heavy atom. The molecule has 0 aliphatic carbocycles. The van der Waals surface area contributed by atoms with Crippen molar-refractivity contribution in [3.63, 3.8) is 0 Å². The van der Waals surface area contributed by atoms with Crippen LogP contribution in [-0.2, 0) is 4.74 Å². The van der Waals surface area contributed by atoms with Crippen LogP contribution in [0.15, 0.2) is 48.5 Å². The summed E-state index contributed by atoms with van der Waals surface area (Å²) >= 11 is 0. The Balaban J connectivity index is 1.88. The minimum Gasteiger partial charge on any atom is -0.465 e. The number of hydrogen-bond donors (Lipinski definition) is 2. The number of anilines is 2. The molecule has 0 saturated carbocycles. The number of morpholine rings is 1. The van der Waals surface area contributed by atoms with Gasteiger partial charge in [0.25, 0.3) is 0 Å². The third-order valence-electron chi connectivity index (χ3n) is 4.85. The average molecular weight is 363 g/mol. The molecular formula is C21H21N3O3. The fourth-order valence-corrected chi connectivity index (χ4v) is 3.52. The average Bonchev–Trinajstić information content (AvgIpc) is 2.68. The lowest BCUT2D eigenvalue weighted by Gasteiger charge is -2.28. The lowest BCUT2D eigenvalue weighted by atomic mass is 9.95. The molecular weight excluding hydrogens is 342 g/mol. The van der Waals surface area contributed by atoms with Crippen LogP contribution in [0, 0.1) is 6.92 Å². The highest BCUT2D eigenvalue weighted by Crippen LogP contribution is 2.37. The van der Waals surface area contributed by atoms with Crippen LogP contribution in [0.5, 0.6) is 0 Å². The topological polar surface area (TPSA) is 74.7 Å². The molecule has 0 atom stereocenters. The summed E-state index contributed by atoms with van der Waals surface area (Å²) in [5, 5.41) is 12.7. The van der Waals surface area contributed by atoms with Crippen molar-refractivity contribution in [3.05, 3.63) is 54.1 Å². The third-order valence-corrected chi connectivity index (χ3v) is 4.85. The van der Waals surface area contributed by atoms with E-state index in [1.54, 1.807) is 6.07 Å². The molecule has 6 heteroatoms. The lowest BCUT2D eigenvalue weighted by Crippen LogP contribution is -2.36. The Labute approximate surface area is 157 Å². The van der Waals surface area contributed by atoms with Crippen molar-refractivity contribution < 1.29 is 14.6 Å². The number of nitrogens with one attached hydrogen (secondary N) is 1. The maximum absolute atomic E-state index is 11.3. The molecule has 1 saturated heterocycles. The smallest absolute Gasteiger partial charge is 0.409 e. The molecule has 0 radical (unpaired) electrons. The van der Waals surface area contributed by atoms with Gasteiger partial charge in [-0.2, -0.15) is 0 Å². The number of fused-ring (bicyclic) bond motifs is 1. The molecule has 1 aliphatic rings. The van der Waals surface area contributed by atoms with Gasteiger partial charge in [0.2, 0.25) is 0 Å². The molecule has 27 heavy (non-hydrogen) atoms. The Bertz CT molecular complexity index is 997. The molecule has 1 aromatic heterocycles. The van der Waals surface area contributed by atoms with E-state index in [-0.39, 0.29) is 0 Å². The minimum atomic E-state index is -1.08. The summed E-state index contributed by atoms with van der Waals surface area (Å²) in [6, 6.07) is 15.6. The summed E-state index contributed by atoms with van der Waals surface area (Å²) in [6.45, 7) is 5.07. The van der Waals surface area contributed by atoms with Crippen LogP contribution in [-0.4, -0.2) is 42.5 Å². The summed E-state index contributed by atoms with van der Waals surface area (Å²) in [4.78, 5) is 18.3. The monoisotopic (exact) mass is 363 g/mol. The molecule has 4 rings (SSSR count). The number of benzene rings is 2. The standard InChI is InChI=1S/C21H21N3O3/c1-14-4-2-3-5-15(14)20-16-6-9-19(24-10-12-27-13-11-24)22-17(16)7-8-18(20)23-21(25)26/h2-9,23H,10-13H2,1H3,(H,25,26). The van der Waals surface area contributed by atoms with Crippen LogP contribution in [0.1, 0.15) is 5.56 Å². The number of ether oxygens (including phenoxy) is 1. The normalized spacial score (nSPS) is 14.3. The summed E-state index contributed by atoms with van der Waals surface area (Å²) < 4.78 is 5.42. The first-order chi connectivity index (χ1) is 13.1. The Hall–Kier alpha value is -3.12. The number of nitrogens with zero attached hydrogens (tertiary/aromatic N) is 2. The first-order valence-corrected chi connectivity index (χ1v) is 8.96. The van der Waals surface area contributed by atoms with Gasteiger partial charge < -0.3 is 14.7 Å². The second-order valence-electron chi connectivity index (χ2n) is 6.57. The van der Waals surface area contributed by atoms with Crippen LogP contribution in [0.4, 0.5) is 16.3 Å². The Morgan fingerprint density at radius 3 is 2.63 bits per heavy atom. The van der Waals surface area contributed by atoms with E-state index in [0.29, 0.717) is 18.9 Å². The van der Waals surface area contributed by atoms with Gasteiger partial charge in [-0.15, -0.1) is 0 Å². The molecule has 0 unspecified atom stereocenters. The lowest BCUT2D eigenvalue weighted by molar-refractivity contribution is 0.122. The van der Waals surface area contributed by atoms with Crippen LogP contribution >= 0.6 is 0 Å². The van der Waals surface area contributed by atoms with Gasteiger partial charge in [0, 0.05) is 24.0 Å². The summed E-state index contributed by atoms with van der Waals surface area (Å²) in [5.74, 6) is 0.917. The van der Waals surface area contributed by atoms with Crippen molar-refractivity contribution in [2.24, 2.45) is 0 Å². The predicted octanol–water partition coefficient (Wildman–Crippen LogP) is 4.14. The van der Waals surface area contributed by atoms with E-state index >= 15 is 0 Å². The van der Waals surface area contributed by atoms with Gasteiger partial charge in [-0.3, -0.25) is 5.32 Å². The SMILES string of the molecule is Cc1ccccc1-c1c(NC(=O)O)ccc2nc(N3CCOCC3)ccc12. The summed E-state index contributed by atoms with van der Waals surface area (Å²) in [7, 11) is 0. The van der Waals surface area contributed by atoms with E-state index in [1.807, 2.05) is 49.4 Å². The van der Waals surface area contributed by atoms with E-state index in [9.17, 15) is 9.90 Å². The first kappa shape index (κ1) is 17.3. The number of aromatic nitrogens is 1. The molecule has 1 fully saturated rings. The fraction of sp³-hybridized carbons (Fsp3) is 0.238. The van der Waals surface area contributed by atoms with Crippen LogP contribution in [0.2, 0.25) is 0 Å². The van der Waals surface area contributed by atoms with E-state index < -0.39 is 6.09 Å². The van der Waals surface area contributed by atoms with Crippen molar-refractivity contribution in [1.29, 1.82) is 0 Å².